The molecule has 4 heterocycles. The third kappa shape index (κ3) is 1.89. The summed E-state index contributed by atoms with van der Waals surface area (Å²) in [6, 6.07) is 34.7. The average Bonchev–Trinajstić information content (AvgIpc) is 3.35. The number of aromatic nitrogens is 3. The van der Waals surface area contributed by atoms with Crippen LogP contribution in [-0.4, -0.2) is 14.4 Å². The molecule has 32 heavy (non-hydrogen) atoms. The van der Waals surface area contributed by atoms with Crippen LogP contribution in [0.15, 0.2) is 97.1 Å². The number of hydrogen-bond acceptors (Lipinski definition) is 1. The van der Waals surface area contributed by atoms with Crippen molar-refractivity contribution < 1.29 is 0 Å². The number of hydrogen-bond donors (Lipinski definition) is 1. The van der Waals surface area contributed by atoms with Crippen molar-refractivity contribution in [2.24, 2.45) is 0 Å². The highest BCUT2D eigenvalue weighted by atomic mass is 14.9. The van der Waals surface area contributed by atoms with E-state index in [1.54, 1.807) is 0 Å². The summed E-state index contributed by atoms with van der Waals surface area (Å²) in [4.78, 5) is 8.67. The van der Waals surface area contributed by atoms with Gasteiger partial charge in [0.15, 0.2) is 0 Å². The van der Waals surface area contributed by atoms with Gasteiger partial charge in [0.2, 0.25) is 0 Å². The van der Waals surface area contributed by atoms with E-state index in [1.807, 2.05) is 0 Å². The maximum atomic E-state index is 5.04. The van der Waals surface area contributed by atoms with E-state index in [0.717, 1.165) is 22.4 Å². The van der Waals surface area contributed by atoms with E-state index in [1.165, 1.54) is 48.9 Å². The summed E-state index contributed by atoms with van der Waals surface area (Å²) in [7, 11) is 0. The lowest BCUT2D eigenvalue weighted by Gasteiger charge is -2.06. The van der Waals surface area contributed by atoms with Crippen LogP contribution in [0.25, 0.3) is 71.3 Å². The molecule has 0 saturated heterocycles. The molecule has 3 nitrogen and oxygen atoms in total. The highest BCUT2D eigenvalue weighted by molar-refractivity contribution is 6.30. The molecule has 0 aliphatic rings. The van der Waals surface area contributed by atoms with E-state index in [9.17, 15) is 0 Å². The van der Waals surface area contributed by atoms with Crippen molar-refractivity contribution in [3.63, 3.8) is 0 Å². The molecular weight excluding hydrogens is 390 g/mol. The second-order valence-electron chi connectivity index (χ2n) is 8.52. The summed E-state index contributed by atoms with van der Waals surface area (Å²) in [5, 5.41) is 7.50. The van der Waals surface area contributed by atoms with E-state index < -0.39 is 0 Å². The molecule has 0 atom stereocenters. The molecule has 0 bridgehead atoms. The first-order chi connectivity index (χ1) is 15.9. The minimum atomic E-state index is 0.933. The number of nitrogens with one attached hydrogen (secondary N) is 1. The molecule has 1 N–H and O–H groups in total. The highest BCUT2D eigenvalue weighted by Gasteiger charge is 2.20. The van der Waals surface area contributed by atoms with E-state index in [2.05, 4.69) is 106 Å². The Morgan fingerprint density at radius 1 is 0.594 bits per heavy atom. The van der Waals surface area contributed by atoms with Gasteiger partial charge in [0.1, 0.15) is 5.65 Å². The first-order valence-electron chi connectivity index (χ1n) is 10.9. The quantitative estimate of drug-likeness (QED) is 0.300. The van der Waals surface area contributed by atoms with Crippen LogP contribution in [0.3, 0.4) is 0 Å². The van der Waals surface area contributed by atoms with Crippen molar-refractivity contribution >= 4 is 60.0 Å². The number of pyridine rings is 1. The van der Waals surface area contributed by atoms with Crippen LogP contribution in [0.5, 0.6) is 0 Å². The second kappa shape index (κ2) is 5.65. The van der Waals surface area contributed by atoms with Crippen LogP contribution in [0.1, 0.15) is 0 Å². The van der Waals surface area contributed by atoms with Crippen LogP contribution >= 0.6 is 0 Å². The molecule has 0 amide bonds. The molecular formula is C29H17N3. The number of fused-ring (bicyclic) bond motifs is 5. The van der Waals surface area contributed by atoms with Gasteiger partial charge in [0.05, 0.1) is 27.5 Å². The van der Waals surface area contributed by atoms with Crippen molar-refractivity contribution in [1.29, 1.82) is 0 Å². The van der Waals surface area contributed by atoms with Gasteiger partial charge in [-0.3, -0.25) is 0 Å². The Hall–Kier alpha value is -4.37. The van der Waals surface area contributed by atoms with E-state index in [4.69, 9.17) is 4.98 Å². The first kappa shape index (κ1) is 16.3. The van der Waals surface area contributed by atoms with Crippen LogP contribution in [0, 0.1) is 0 Å². The van der Waals surface area contributed by atoms with Crippen molar-refractivity contribution in [3.8, 4) is 11.3 Å². The van der Waals surface area contributed by atoms with Gasteiger partial charge in [-0.25, -0.2) is 4.98 Å². The van der Waals surface area contributed by atoms with Crippen LogP contribution < -0.4 is 0 Å². The van der Waals surface area contributed by atoms with Crippen molar-refractivity contribution in [2.45, 2.75) is 0 Å². The highest BCUT2D eigenvalue weighted by Crippen LogP contribution is 2.42. The largest absolute Gasteiger partial charge is 0.339 e. The van der Waals surface area contributed by atoms with E-state index in [-0.39, 0.29) is 0 Å². The lowest BCUT2D eigenvalue weighted by Crippen LogP contribution is -1.90. The third-order valence-electron chi connectivity index (χ3n) is 6.86. The minimum Gasteiger partial charge on any atom is -0.339 e. The van der Waals surface area contributed by atoms with Gasteiger partial charge in [-0.05, 0) is 29.1 Å². The molecule has 4 aromatic heterocycles. The Morgan fingerprint density at radius 2 is 1.31 bits per heavy atom. The standard InChI is InChI=1S/C29H17N3/c1-2-8-17(9-3-1)23-16-25-27-26-19(11-7-14-22(26)30-29(27)31-23)21-13-6-12-20-18-10-4-5-15-24(18)32(25)28(20)21/h1-16H,(H,30,31). The molecule has 4 aromatic carbocycles. The molecule has 3 heteroatoms. The van der Waals surface area contributed by atoms with E-state index in [0.29, 0.717) is 0 Å². The zero-order valence-electron chi connectivity index (χ0n) is 17.1. The lowest BCUT2D eigenvalue weighted by atomic mass is 10.0. The topological polar surface area (TPSA) is 33.1 Å². The number of H-pyrrole nitrogens is 1. The monoisotopic (exact) mass is 407 g/mol. The molecule has 0 saturated carbocycles. The summed E-state index contributed by atoms with van der Waals surface area (Å²) in [5.41, 5.74) is 7.87. The normalized spacial score (nSPS) is 12.4. The van der Waals surface area contributed by atoms with Gasteiger partial charge in [-0.1, -0.05) is 78.9 Å². The molecule has 8 rings (SSSR count). The molecule has 0 aliphatic heterocycles. The average molecular weight is 407 g/mol. The maximum absolute atomic E-state index is 5.04. The number of para-hydroxylation sites is 2. The minimum absolute atomic E-state index is 0.933. The van der Waals surface area contributed by atoms with Crippen molar-refractivity contribution in [2.75, 3.05) is 0 Å². The first-order valence-corrected chi connectivity index (χ1v) is 10.9. The summed E-state index contributed by atoms with van der Waals surface area (Å²) in [5.74, 6) is 0. The number of aromatic amines is 1. The van der Waals surface area contributed by atoms with Gasteiger partial charge in [0, 0.05) is 27.2 Å². The zero-order valence-corrected chi connectivity index (χ0v) is 17.1. The van der Waals surface area contributed by atoms with Crippen molar-refractivity contribution in [1.82, 2.24) is 14.4 Å². The Balaban J connectivity index is 1.78. The van der Waals surface area contributed by atoms with Gasteiger partial charge in [-0.2, -0.15) is 0 Å². The fourth-order valence-corrected chi connectivity index (χ4v) is 5.56. The molecule has 0 radical (unpaired) electrons. The fourth-order valence-electron chi connectivity index (χ4n) is 5.56. The maximum Gasteiger partial charge on any atom is 0.141 e. The fraction of sp³-hybridized carbons (Fsp3) is 0. The molecule has 0 spiro atoms. The predicted octanol–water partition coefficient (Wildman–Crippen LogP) is 7.53. The van der Waals surface area contributed by atoms with Gasteiger partial charge >= 0.3 is 0 Å². The van der Waals surface area contributed by atoms with Crippen LogP contribution in [0.4, 0.5) is 0 Å². The number of rotatable bonds is 1. The van der Waals surface area contributed by atoms with E-state index >= 15 is 0 Å². The second-order valence-corrected chi connectivity index (χ2v) is 8.52. The lowest BCUT2D eigenvalue weighted by molar-refractivity contribution is 1.31. The van der Waals surface area contributed by atoms with Crippen LogP contribution in [0.2, 0.25) is 0 Å². The molecule has 0 unspecified atom stereocenters. The summed E-state index contributed by atoms with van der Waals surface area (Å²) in [6.45, 7) is 0. The van der Waals surface area contributed by atoms with Crippen LogP contribution in [-0.2, 0) is 0 Å². The Kier molecular flexibility index (Phi) is 2.89. The summed E-state index contributed by atoms with van der Waals surface area (Å²) >= 11 is 0. The number of benzene rings is 4. The molecule has 8 aromatic rings. The number of nitrogens with zero attached hydrogens (tertiary/aromatic N) is 2. The molecule has 0 fully saturated rings. The van der Waals surface area contributed by atoms with Crippen molar-refractivity contribution in [3.05, 3.63) is 97.1 Å². The molecule has 148 valence electrons. The van der Waals surface area contributed by atoms with Gasteiger partial charge < -0.3 is 9.38 Å². The zero-order chi connectivity index (χ0) is 20.8. The molecule has 0 aliphatic carbocycles. The Morgan fingerprint density at radius 3 is 2.22 bits per heavy atom. The summed E-state index contributed by atoms with van der Waals surface area (Å²) < 4.78 is 2.45. The Bertz CT molecular complexity index is 1970. The summed E-state index contributed by atoms with van der Waals surface area (Å²) in [6.07, 6.45) is 0. The van der Waals surface area contributed by atoms with Gasteiger partial charge in [-0.15, -0.1) is 0 Å². The predicted molar refractivity (Wildman–Crippen MR) is 134 cm³/mol. The third-order valence-corrected chi connectivity index (χ3v) is 6.86. The smallest absolute Gasteiger partial charge is 0.141 e. The Labute approximate surface area is 182 Å². The SMILES string of the molecule is c1ccc(-c2cc3c4c(nc5cccc(c6cccc7c8ccccc8n3c67)c54)[nH]2)cc1. The van der Waals surface area contributed by atoms with Gasteiger partial charge in [0.25, 0.3) is 0 Å².